The second kappa shape index (κ2) is 7.29. The lowest BCUT2D eigenvalue weighted by Crippen LogP contribution is -2.33. The van der Waals surface area contributed by atoms with Gasteiger partial charge < -0.3 is 19.5 Å². The summed E-state index contributed by atoms with van der Waals surface area (Å²) in [4.78, 5) is 0. The molecule has 4 heteroatoms. The van der Waals surface area contributed by atoms with Crippen molar-refractivity contribution in [2.75, 3.05) is 26.8 Å². The van der Waals surface area contributed by atoms with Crippen LogP contribution in [0.4, 0.5) is 0 Å². The molecule has 0 spiro atoms. The van der Waals surface area contributed by atoms with E-state index in [1.54, 1.807) is 7.11 Å². The molecule has 1 aliphatic heterocycles. The monoisotopic (exact) mass is 299 g/mol. The minimum absolute atomic E-state index is 0.0683. The van der Waals surface area contributed by atoms with Gasteiger partial charge in [0.05, 0.1) is 19.8 Å². The SMILES string of the molecule is COc1ccc(C2CNCCO2)cc1OCc1ccccc1. The van der Waals surface area contributed by atoms with E-state index in [0.29, 0.717) is 6.61 Å². The van der Waals surface area contributed by atoms with Crippen molar-refractivity contribution in [2.45, 2.75) is 12.7 Å². The third-order valence-electron chi connectivity index (χ3n) is 3.72. The molecule has 1 aliphatic rings. The van der Waals surface area contributed by atoms with Crippen LogP contribution in [0.25, 0.3) is 0 Å². The van der Waals surface area contributed by atoms with E-state index in [4.69, 9.17) is 14.2 Å². The third-order valence-corrected chi connectivity index (χ3v) is 3.72. The molecule has 3 rings (SSSR count). The molecule has 1 atom stereocenters. The maximum Gasteiger partial charge on any atom is 0.162 e. The minimum atomic E-state index is 0.0683. The topological polar surface area (TPSA) is 39.7 Å². The van der Waals surface area contributed by atoms with E-state index in [1.807, 2.05) is 48.5 Å². The molecule has 0 aliphatic carbocycles. The summed E-state index contributed by atoms with van der Waals surface area (Å²) in [5, 5.41) is 3.34. The Labute approximate surface area is 131 Å². The Morgan fingerprint density at radius 2 is 2.00 bits per heavy atom. The lowest BCUT2D eigenvalue weighted by molar-refractivity contribution is 0.0275. The van der Waals surface area contributed by atoms with Crippen molar-refractivity contribution in [2.24, 2.45) is 0 Å². The van der Waals surface area contributed by atoms with Crippen molar-refractivity contribution in [1.29, 1.82) is 0 Å². The maximum atomic E-state index is 5.94. The highest BCUT2D eigenvalue weighted by Gasteiger charge is 2.17. The average molecular weight is 299 g/mol. The fraction of sp³-hybridized carbons (Fsp3) is 0.333. The molecule has 2 aromatic rings. The van der Waals surface area contributed by atoms with E-state index in [-0.39, 0.29) is 6.10 Å². The van der Waals surface area contributed by atoms with Gasteiger partial charge in [-0.25, -0.2) is 0 Å². The number of nitrogens with one attached hydrogen (secondary N) is 1. The summed E-state index contributed by atoms with van der Waals surface area (Å²) in [6.07, 6.45) is 0.0683. The molecule has 2 aromatic carbocycles. The van der Waals surface area contributed by atoms with Gasteiger partial charge in [0, 0.05) is 13.1 Å². The molecule has 1 saturated heterocycles. The molecule has 1 heterocycles. The molecular weight excluding hydrogens is 278 g/mol. The standard InChI is InChI=1S/C18H21NO3/c1-20-16-8-7-15(18-12-19-9-10-21-18)11-17(16)22-13-14-5-3-2-4-6-14/h2-8,11,18-19H,9-10,12-13H2,1H3. The molecule has 0 saturated carbocycles. The van der Waals surface area contributed by atoms with Crippen molar-refractivity contribution in [3.8, 4) is 11.5 Å². The largest absolute Gasteiger partial charge is 0.493 e. The molecule has 0 amide bonds. The first-order chi connectivity index (χ1) is 10.9. The molecule has 4 nitrogen and oxygen atoms in total. The van der Waals surface area contributed by atoms with Crippen molar-refractivity contribution in [3.05, 3.63) is 59.7 Å². The summed E-state index contributed by atoms with van der Waals surface area (Å²) in [6.45, 7) is 2.98. The smallest absolute Gasteiger partial charge is 0.162 e. The average Bonchev–Trinajstić information content (AvgIpc) is 2.61. The van der Waals surface area contributed by atoms with Gasteiger partial charge in [0.2, 0.25) is 0 Å². The van der Waals surface area contributed by atoms with Gasteiger partial charge in [0.15, 0.2) is 11.5 Å². The van der Waals surface area contributed by atoms with Crippen molar-refractivity contribution in [1.82, 2.24) is 5.32 Å². The molecule has 0 radical (unpaired) electrons. The Morgan fingerprint density at radius 1 is 1.14 bits per heavy atom. The number of rotatable bonds is 5. The molecular formula is C18H21NO3. The van der Waals surface area contributed by atoms with Crippen molar-refractivity contribution >= 4 is 0 Å². The highest BCUT2D eigenvalue weighted by atomic mass is 16.5. The fourth-order valence-corrected chi connectivity index (χ4v) is 2.52. The summed E-state index contributed by atoms with van der Waals surface area (Å²) in [7, 11) is 1.66. The van der Waals surface area contributed by atoms with E-state index in [1.165, 1.54) is 0 Å². The highest BCUT2D eigenvalue weighted by molar-refractivity contribution is 5.44. The first-order valence-corrected chi connectivity index (χ1v) is 7.54. The van der Waals surface area contributed by atoms with Crippen LogP contribution in [0.5, 0.6) is 11.5 Å². The Bertz CT molecular complexity index is 595. The normalized spacial score (nSPS) is 18.0. The molecule has 22 heavy (non-hydrogen) atoms. The number of ether oxygens (including phenoxy) is 3. The van der Waals surface area contributed by atoms with Crippen LogP contribution >= 0.6 is 0 Å². The van der Waals surface area contributed by atoms with Gasteiger partial charge in [0.1, 0.15) is 6.61 Å². The highest BCUT2D eigenvalue weighted by Crippen LogP contribution is 2.32. The van der Waals surface area contributed by atoms with Gasteiger partial charge in [-0.05, 0) is 23.3 Å². The van der Waals surface area contributed by atoms with Crippen LogP contribution in [0.3, 0.4) is 0 Å². The summed E-state index contributed by atoms with van der Waals surface area (Å²) < 4.78 is 17.1. The summed E-state index contributed by atoms with van der Waals surface area (Å²) >= 11 is 0. The molecule has 1 N–H and O–H groups in total. The zero-order valence-electron chi connectivity index (χ0n) is 12.7. The number of hydrogen-bond acceptors (Lipinski definition) is 4. The van der Waals surface area contributed by atoms with E-state index in [9.17, 15) is 0 Å². The Morgan fingerprint density at radius 3 is 2.73 bits per heavy atom. The predicted octanol–water partition coefficient (Wildman–Crippen LogP) is 2.94. The number of morpholine rings is 1. The van der Waals surface area contributed by atoms with Crippen LogP contribution in [0.2, 0.25) is 0 Å². The van der Waals surface area contributed by atoms with Crippen LogP contribution in [0.1, 0.15) is 17.2 Å². The Balaban J connectivity index is 1.75. The second-order valence-electron chi connectivity index (χ2n) is 5.25. The minimum Gasteiger partial charge on any atom is -0.493 e. The quantitative estimate of drug-likeness (QED) is 0.921. The van der Waals surface area contributed by atoms with Gasteiger partial charge >= 0.3 is 0 Å². The van der Waals surface area contributed by atoms with Crippen molar-refractivity contribution < 1.29 is 14.2 Å². The number of methoxy groups -OCH3 is 1. The maximum absolute atomic E-state index is 5.94. The molecule has 1 unspecified atom stereocenters. The third kappa shape index (κ3) is 3.59. The Kier molecular flexibility index (Phi) is 4.93. The van der Waals surface area contributed by atoms with Crippen LogP contribution in [0, 0.1) is 0 Å². The van der Waals surface area contributed by atoms with Crippen LogP contribution in [0.15, 0.2) is 48.5 Å². The van der Waals surface area contributed by atoms with Gasteiger partial charge in [-0.1, -0.05) is 36.4 Å². The van der Waals surface area contributed by atoms with Crippen LogP contribution in [-0.4, -0.2) is 26.8 Å². The molecule has 116 valence electrons. The van der Waals surface area contributed by atoms with Gasteiger partial charge in [-0.15, -0.1) is 0 Å². The lowest BCUT2D eigenvalue weighted by atomic mass is 10.1. The summed E-state index contributed by atoms with van der Waals surface area (Å²) in [5.74, 6) is 1.49. The summed E-state index contributed by atoms with van der Waals surface area (Å²) in [6, 6.07) is 16.1. The van der Waals surface area contributed by atoms with E-state index < -0.39 is 0 Å². The number of benzene rings is 2. The Hall–Kier alpha value is -2.04. The first kappa shape index (κ1) is 14.9. The zero-order chi connectivity index (χ0) is 15.2. The van der Waals surface area contributed by atoms with Gasteiger partial charge in [-0.2, -0.15) is 0 Å². The van der Waals surface area contributed by atoms with E-state index in [2.05, 4.69) is 5.32 Å². The van der Waals surface area contributed by atoms with Crippen molar-refractivity contribution in [3.63, 3.8) is 0 Å². The molecule has 0 aromatic heterocycles. The number of hydrogen-bond donors (Lipinski definition) is 1. The molecule has 1 fully saturated rings. The second-order valence-corrected chi connectivity index (χ2v) is 5.25. The van der Waals surface area contributed by atoms with Gasteiger partial charge in [-0.3, -0.25) is 0 Å². The van der Waals surface area contributed by atoms with E-state index >= 15 is 0 Å². The lowest BCUT2D eigenvalue weighted by Gasteiger charge is -2.24. The van der Waals surface area contributed by atoms with Crippen LogP contribution in [-0.2, 0) is 11.3 Å². The fourth-order valence-electron chi connectivity index (χ4n) is 2.52. The zero-order valence-corrected chi connectivity index (χ0v) is 12.7. The van der Waals surface area contributed by atoms with Gasteiger partial charge in [0.25, 0.3) is 0 Å². The molecule has 0 bridgehead atoms. The first-order valence-electron chi connectivity index (χ1n) is 7.54. The van der Waals surface area contributed by atoms with Crippen LogP contribution < -0.4 is 14.8 Å². The predicted molar refractivity (Wildman–Crippen MR) is 85.3 cm³/mol. The van der Waals surface area contributed by atoms with E-state index in [0.717, 1.165) is 42.3 Å². The summed E-state index contributed by atoms with van der Waals surface area (Å²) in [5.41, 5.74) is 2.24.